The number of carbonyl (C=O) groups is 1. The predicted molar refractivity (Wildman–Crippen MR) is 67.3 cm³/mol. The lowest BCUT2D eigenvalue weighted by Gasteiger charge is -2.16. The summed E-state index contributed by atoms with van der Waals surface area (Å²) in [5, 5.41) is 4.24. The number of nitrogens with two attached hydrogens (primary N) is 1. The van der Waals surface area contributed by atoms with E-state index in [4.69, 9.17) is 10.5 Å². The summed E-state index contributed by atoms with van der Waals surface area (Å²) in [7, 11) is 1.86. The number of carbonyl (C=O) groups excluding carboxylic acids is 1. The summed E-state index contributed by atoms with van der Waals surface area (Å²) in [6.07, 6.45) is 0.872. The molecule has 2 rings (SSSR count). The first-order valence-corrected chi connectivity index (χ1v) is 6.15. The first-order valence-electron chi connectivity index (χ1n) is 6.15. The second-order valence-electron chi connectivity index (χ2n) is 4.80. The topological polar surface area (TPSA) is 73.4 Å². The van der Waals surface area contributed by atoms with Gasteiger partial charge in [-0.15, -0.1) is 0 Å². The molecule has 0 unspecified atom stereocenters. The lowest BCUT2D eigenvalue weighted by Crippen LogP contribution is -2.35. The van der Waals surface area contributed by atoms with E-state index >= 15 is 0 Å². The third-order valence-corrected chi connectivity index (χ3v) is 3.36. The summed E-state index contributed by atoms with van der Waals surface area (Å²) in [5.41, 5.74) is 7.51. The van der Waals surface area contributed by atoms with Gasteiger partial charge in [-0.25, -0.2) is 0 Å². The molecule has 6 nitrogen and oxygen atoms in total. The Bertz CT molecular complexity index is 455. The Morgan fingerprint density at radius 2 is 2.28 bits per heavy atom. The van der Waals surface area contributed by atoms with Gasteiger partial charge in [0.05, 0.1) is 5.69 Å². The SMILES string of the molecule is Cc1nn(C)c(C)c1OCC(=O)N1CC[C@H](N)C1. The number of nitrogens with zero attached hydrogens (tertiary/aromatic N) is 3. The molecular weight excluding hydrogens is 232 g/mol. The van der Waals surface area contributed by atoms with Gasteiger partial charge in [0.25, 0.3) is 5.91 Å². The summed E-state index contributed by atoms with van der Waals surface area (Å²) in [6, 6.07) is 0.107. The van der Waals surface area contributed by atoms with Crippen LogP contribution >= 0.6 is 0 Å². The molecule has 1 aromatic heterocycles. The smallest absolute Gasteiger partial charge is 0.260 e. The van der Waals surface area contributed by atoms with Crippen LogP contribution in [0.4, 0.5) is 0 Å². The zero-order chi connectivity index (χ0) is 13.3. The number of likely N-dealkylation sites (tertiary alicyclic amines) is 1. The average molecular weight is 252 g/mol. The quantitative estimate of drug-likeness (QED) is 0.820. The molecular formula is C12H20N4O2. The zero-order valence-corrected chi connectivity index (χ0v) is 11.1. The van der Waals surface area contributed by atoms with Gasteiger partial charge in [0.2, 0.25) is 0 Å². The van der Waals surface area contributed by atoms with E-state index in [1.807, 2.05) is 20.9 Å². The predicted octanol–water partition coefficient (Wildman–Crippen LogP) is -0.0247. The highest BCUT2D eigenvalue weighted by Gasteiger charge is 2.24. The minimum Gasteiger partial charge on any atom is -0.480 e. The van der Waals surface area contributed by atoms with Crippen molar-refractivity contribution >= 4 is 5.91 Å². The Balaban J connectivity index is 1.93. The molecule has 1 fully saturated rings. The largest absolute Gasteiger partial charge is 0.480 e. The fourth-order valence-corrected chi connectivity index (χ4v) is 2.20. The van der Waals surface area contributed by atoms with Crippen LogP contribution in [0, 0.1) is 13.8 Å². The highest BCUT2D eigenvalue weighted by Crippen LogP contribution is 2.21. The molecule has 2 heterocycles. The Morgan fingerprint density at radius 3 is 2.78 bits per heavy atom. The monoisotopic (exact) mass is 252 g/mol. The molecule has 1 atom stereocenters. The lowest BCUT2D eigenvalue weighted by molar-refractivity contribution is -0.132. The van der Waals surface area contributed by atoms with Crippen LogP contribution in [0.15, 0.2) is 0 Å². The molecule has 1 aromatic rings. The van der Waals surface area contributed by atoms with Crippen molar-refractivity contribution in [2.45, 2.75) is 26.3 Å². The molecule has 18 heavy (non-hydrogen) atoms. The van der Waals surface area contributed by atoms with Crippen LogP contribution in [0.5, 0.6) is 5.75 Å². The van der Waals surface area contributed by atoms with Crippen molar-refractivity contribution in [3.63, 3.8) is 0 Å². The van der Waals surface area contributed by atoms with Crippen molar-refractivity contribution in [3.05, 3.63) is 11.4 Å². The Kier molecular flexibility index (Phi) is 3.56. The average Bonchev–Trinajstić information content (AvgIpc) is 2.83. The molecule has 1 saturated heterocycles. The minimum atomic E-state index is -0.00870. The number of hydrogen-bond donors (Lipinski definition) is 1. The standard InChI is InChI=1S/C12H20N4O2/c1-8-12(9(2)15(3)14-8)18-7-11(17)16-5-4-10(13)6-16/h10H,4-7,13H2,1-3H3/t10-/m0/s1. The molecule has 0 aliphatic carbocycles. The molecule has 0 spiro atoms. The van der Waals surface area contributed by atoms with E-state index in [0.29, 0.717) is 12.3 Å². The highest BCUT2D eigenvalue weighted by molar-refractivity contribution is 5.78. The molecule has 1 amide bonds. The molecule has 0 saturated carbocycles. The van der Waals surface area contributed by atoms with Crippen LogP contribution < -0.4 is 10.5 Å². The van der Waals surface area contributed by atoms with E-state index in [2.05, 4.69) is 5.10 Å². The van der Waals surface area contributed by atoms with Crippen molar-refractivity contribution in [2.75, 3.05) is 19.7 Å². The van der Waals surface area contributed by atoms with E-state index in [-0.39, 0.29) is 18.6 Å². The van der Waals surface area contributed by atoms with Gasteiger partial charge in [-0.05, 0) is 20.3 Å². The number of amides is 1. The number of aryl methyl sites for hydroxylation is 2. The van der Waals surface area contributed by atoms with Crippen LogP contribution in [0.2, 0.25) is 0 Å². The molecule has 6 heteroatoms. The van der Waals surface area contributed by atoms with Crippen LogP contribution in [0.3, 0.4) is 0 Å². The maximum atomic E-state index is 11.9. The Labute approximate surface area is 107 Å². The lowest BCUT2D eigenvalue weighted by atomic mass is 10.3. The van der Waals surface area contributed by atoms with Crippen LogP contribution in [0.25, 0.3) is 0 Å². The van der Waals surface area contributed by atoms with E-state index < -0.39 is 0 Å². The van der Waals surface area contributed by atoms with Gasteiger partial charge in [-0.2, -0.15) is 5.10 Å². The van der Waals surface area contributed by atoms with Gasteiger partial charge in [-0.3, -0.25) is 9.48 Å². The van der Waals surface area contributed by atoms with Gasteiger partial charge in [0.15, 0.2) is 12.4 Å². The third kappa shape index (κ3) is 2.48. The molecule has 100 valence electrons. The van der Waals surface area contributed by atoms with E-state index in [9.17, 15) is 4.79 Å². The Morgan fingerprint density at radius 1 is 1.56 bits per heavy atom. The number of aromatic nitrogens is 2. The van der Waals surface area contributed by atoms with Gasteiger partial charge < -0.3 is 15.4 Å². The van der Waals surface area contributed by atoms with Crippen molar-refractivity contribution in [2.24, 2.45) is 12.8 Å². The summed E-state index contributed by atoms with van der Waals surface area (Å²) >= 11 is 0. The number of ether oxygens (including phenoxy) is 1. The normalized spacial score (nSPS) is 19.3. The fraction of sp³-hybridized carbons (Fsp3) is 0.667. The summed E-state index contributed by atoms with van der Waals surface area (Å²) in [4.78, 5) is 13.7. The fourth-order valence-electron chi connectivity index (χ4n) is 2.20. The zero-order valence-electron chi connectivity index (χ0n) is 11.1. The van der Waals surface area contributed by atoms with Gasteiger partial charge in [0.1, 0.15) is 5.69 Å². The van der Waals surface area contributed by atoms with Gasteiger partial charge in [0, 0.05) is 26.2 Å². The van der Waals surface area contributed by atoms with Crippen molar-refractivity contribution < 1.29 is 9.53 Å². The number of rotatable bonds is 3. The first-order chi connectivity index (χ1) is 8.49. The molecule has 0 bridgehead atoms. The maximum Gasteiger partial charge on any atom is 0.260 e. The van der Waals surface area contributed by atoms with E-state index in [0.717, 1.165) is 24.4 Å². The second-order valence-corrected chi connectivity index (χ2v) is 4.80. The first kappa shape index (κ1) is 12.9. The molecule has 0 radical (unpaired) electrons. The molecule has 0 aromatic carbocycles. The summed E-state index contributed by atoms with van der Waals surface area (Å²) in [5.74, 6) is 0.694. The van der Waals surface area contributed by atoms with Crippen molar-refractivity contribution in [3.8, 4) is 5.75 Å². The van der Waals surface area contributed by atoms with Crippen molar-refractivity contribution in [1.82, 2.24) is 14.7 Å². The molecule has 1 aliphatic rings. The minimum absolute atomic E-state index is 0.00870. The third-order valence-electron chi connectivity index (χ3n) is 3.36. The Hall–Kier alpha value is -1.56. The van der Waals surface area contributed by atoms with Crippen LogP contribution in [-0.2, 0) is 11.8 Å². The van der Waals surface area contributed by atoms with Crippen LogP contribution in [-0.4, -0.2) is 46.3 Å². The van der Waals surface area contributed by atoms with Crippen molar-refractivity contribution in [1.29, 1.82) is 0 Å². The second kappa shape index (κ2) is 4.97. The van der Waals surface area contributed by atoms with Gasteiger partial charge >= 0.3 is 0 Å². The summed E-state index contributed by atoms with van der Waals surface area (Å²) in [6.45, 7) is 5.21. The summed E-state index contributed by atoms with van der Waals surface area (Å²) < 4.78 is 7.33. The molecule has 2 N–H and O–H groups in total. The molecule has 1 aliphatic heterocycles. The highest BCUT2D eigenvalue weighted by atomic mass is 16.5. The van der Waals surface area contributed by atoms with E-state index in [1.165, 1.54) is 0 Å². The maximum absolute atomic E-state index is 11.9. The number of hydrogen-bond acceptors (Lipinski definition) is 4. The van der Waals surface area contributed by atoms with Crippen LogP contribution in [0.1, 0.15) is 17.8 Å². The van der Waals surface area contributed by atoms with Gasteiger partial charge in [-0.1, -0.05) is 0 Å². The van der Waals surface area contributed by atoms with E-state index in [1.54, 1.807) is 9.58 Å².